The van der Waals surface area contributed by atoms with Gasteiger partial charge in [0.1, 0.15) is 0 Å². The van der Waals surface area contributed by atoms with Crippen LogP contribution in [0.3, 0.4) is 0 Å². The van der Waals surface area contributed by atoms with Gasteiger partial charge in [-0.2, -0.15) is 0 Å². The van der Waals surface area contributed by atoms with Crippen molar-refractivity contribution in [1.29, 1.82) is 0 Å². The molecule has 12 heavy (non-hydrogen) atoms. The van der Waals surface area contributed by atoms with Gasteiger partial charge in [0.2, 0.25) is 6.43 Å². The summed E-state index contributed by atoms with van der Waals surface area (Å²) >= 11 is 0. The van der Waals surface area contributed by atoms with Crippen molar-refractivity contribution in [3.63, 3.8) is 0 Å². The van der Waals surface area contributed by atoms with Crippen LogP contribution in [0.2, 0.25) is 0 Å². The number of carboxylic acids is 1. The van der Waals surface area contributed by atoms with Crippen LogP contribution in [0.25, 0.3) is 0 Å². The highest BCUT2D eigenvalue weighted by Gasteiger charge is 2.32. The molecular weight excluding hydrogens is 166 g/mol. The summed E-state index contributed by atoms with van der Waals surface area (Å²) < 4.78 is 23.6. The molecular formula is C8H12F2O2. The molecule has 1 N–H and O–H groups in total. The molecule has 0 atom stereocenters. The van der Waals surface area contributed by atoms with Crippen LogP contribution in [0.4, 0.5) is 8.78 Å². The number of aliphatic carboxylic acids is 1. The molecule has 1 rings (SSSR count). The molecule has 0 unspecified atom stereocenters. The van der Waals surface area contributed by atoms with Crippen LogP contribution in [0.5, 0.6) is 0 Å². The SMILES string of the molecule is O=C(O)CC1CC(CC(F)F)C1. The van der Waals surface area contributed by atoms with Crippen LogP contribution >= 0.6 is 0 Å². The Hall–Kier alpha value is -0.670. The van der Waals surface area contributed by atoms with E-state index in [9.17, 15) is 13.6 Å². The van der Waals surface area contributed by atoms with E-state index in [1.807, 2.05) is 0 Å². The number of rotatable bonds is 4. The van der Waals surface area contributed by atoms with Gasteiger partial charge in [-0.1, -0.05) is 0 Å². The minimum atomic E-state index is -2.24. The van der Waals surface area contributed by atoms with E-state index < -0.39 is 12.4 Å². The lowest BCUT2D eigenvalue weighted by Gasteiger charge is -2.34. The van der Waals surface area contributed by atoms with Gasteiger partial charge in [-0.25, -0.2) is 8.78 Å². The first-order valence-corrected chi connectivity index (χ1v) is 4.08. The van der Waals surface area contributed by atoms with E-state index in [0.717, 1.165) is 0 Å². The maximum atomic E-state index is 11.8. The highest BCUT2D eigenvalue weighted by molar-refractivity contribution is 5.67. The van der Waals surface area contributed by atoms with Gasteiger partial charge in [0.05, 0.1) is 0 Å². The summed E-state index contributed by atoms with van der Waals surface area (Å²) in [5.41, 5.74) is 0. The predicted octanol–water partition coefficient (Wildman–Crippen LogP) is 2.14. The number of carbonyl (C=O) groups is 1. The Kier molecular flexibility index (Phi) is 3.00. The molecule has 1 aliphatic rings. The number of halogens is 2. The Balaban J connectivity index is 2.08. The molecule has 0 bridgehead atoms. The second-order valence-electron chi connectivity index (χ2n) is 3.43. The number of carboxylic acid groups (broad SMARTS) is 1. The average molecular weight is 178 g/mol. The molecule has 0 heterocycles. The molecule has 0 radical (unpaired) electrons. The molecule has 0 saturated heterocycles. The minimum Gasteiger partial charge on any atom is -0.481 e. The smallest absolute Gasteiger partial charge is 0.303 e. The second kappa shape index (κ2) is 3.83. The van der Waals surface area contributed by atoms with Crippen LogP contribution in [0.15, 0.2) is 0 Å². The zero-order valence-corrected chi connectivity index (χ0v) is 6.67. The molecule has 70 valence electrons. The third-order valence-corrected chi connectivity index (χ3v) is 2.31. The van der Waals surface area contributed by atoms with E-state index >= 15 is 0 Å². The van der Waals surface area contributed by atoms with Crippen molar-refractivity contribution < 1.29 is 18.7 Å². The lowest BCUT2D eigenvalue weighted by atomic mass is 9.72. The van der Waals surface area contributed by atoms with Crippen molar-refractivity contribution in [1.82, 2.24) is 0 Å². The Morgan fingerprint density at radius 1 is 1.42 bits per heavy atom. The fraction of sp³-hybridized carbons (Fsp3) is 0.875. The van der Waals surface area contributed by atoms with E-state index in [1.54, 1.807) is 0 Å². The molecule has 0 aromatic rings. The van der Waals surface area contributed by atoms with Crippen LogP contribution in [-0.2, 0) is 4.79 Å². The largest absolute Gasteiger partial charge is 0.481 e. The van der Waals surface area contributed by atoms with Gasteiger partial charge >= 0.3 is 5.97 Å². The molecule has 0 amide bonds. The lowest BCUT2D eigenvalue weighted by molar-refractivity contribution is -0.139. The fourth-order valence-electron chi connectivity index (χ4n) is 1.73. The van der Waals surface area contributed by atoms with E-state index in [-0.39, 0.29) is 24.7 Å². The Morgan fingerprint density at radius 3 is 2.42 bits per heavy atom. The Bertz CT molecular complexity index is 164. The highest BCUT2D eigenvalue weighted by atomic mass is 19.3. The van der Waals surface area contributed by atoms with E-state index in [2.05, 4.69) is 0 Å². The van der Waals surface area contributed by atoms with Crippen LogP contribution < -0.4 is 0 Å². The maximum absolute atomic E-state index is 11.8. The second-order valence-corrected chi connectivity index (χ2v) is 3.43. The summed E-state index contributed by atoms with van der Waals surface area (Å²) in [7, 11) is 0. The summed E-state index contributed by atoms with van der Waals surface area (Å²) in [6.07, 6.45) is -0.830. The van der Waals surface area contributed by atoms with Crippen LogP contribution in [0.1, 0.15) is 25.7 Å². The number of alkyl halides is 2. The normalized spacial score (nSPS) is 28.6. The van der Waals surface area contributed by atoms with Crippen LogP contribution in [0, 0.1) is 11.8 Å². The first-order chi connectivity index (χ1) is 5.58. The molecule has 1 saturated carbocycles. The van der Waals surface area contributed by atoms with Gasteiger partial charge in [-0.3, -0.25) is 4.79 Å². The molecule has 1 aliphatic carbocycles. The third kappa shape index (κ3) is 2.75. The molecule has 2 nitrogen and oxygen atoms in total. The van der Waals surface area contributed by atoms with Gasteiger partial charge in [0, 0.05) is 12.8 Å². The van der Waals surface area contributed by atoms with Gasteiger partial charge in [0.15, 0.2) is 0 Å². The Morgan fingerprint density at radius 2 is 2.00 bits per heavy atom. The van der Waals surface area contributed by atoms with Gasteiger partial charge in [-0.15, -0.1) is 0 Å². The van der Waals surface area contributed by atoms with E-state index in [4.69, 9.17) is 5.11 Å². The van der Waals surface area contributed by atoms with Gasteiger partial charge in [0.25, 0.3) is 0 Å². The van der Waals surface area contributed by atoms with Crippen molar-refractivity contribution in [2.45, 2.75) is 32.1 Å². The standard InChI is InChI=1S/C8H12F2O2/c9-7(10)3-5-1-6(2-5)4-8(11)12/h5-7H,1-4H2,(H,11,12). The zero-order chi connectivity index (χ0) is 9.14. The number of hydrogen-bond acceptors (Lipinski definition) is 1. The summed E-state index contributed by atoms with van der Waals surface area (Å²) in [6.45, 7) is 0. The van der Waals surface area contributed by atoms with Crippen molar-refractivity contribution in [3.8, 4) is 0 Å². The summed E-state index contributed by atoms with van der Waals surface area (Å²) in [4.78, 5) is 10.2. The van der Waals surface area contributed by atoms with Gasteiger partial charge < -0.3 is 5.11 Å². The molecule has 0 aliphatic heterocycles. The predicted molar refractivity (Wildman–Crippen MR) is 39.1 cm³/mol. The van der Waals surface area contributed by atoms with Crippen molar-refractivity contribution in [3.05, 3.63) is 0 Å². The maximum Gasteiger partial charge on any atom is 0.303 e. The van der Waals surface area contributed by atoms with Crippen molar-refractivity contribution >= 4 is 5.97 Å². The topological polar surface area (TPSA) is 37.3 Å². The van der Waals surface area contributed by atoms with E-state index in [0.29, 0.717) is 12.8 Å². The lowest BCUT2D eigenvalue weighted by Crippen LogP contribution is -2.27. The first kappa shape index (κ1) is 9.42. The quantitative estimate of drug-likeness (QED) is 0.716. The first-order valence-electron chi connectivity index (χ1n) is 4.08. The highest BCUT2D eigenvalue weighted by Crippen LogP contribution is 2.39. The third-order valence-electron chi connectivity index (χ3n) is 2.31. The molecule has 0 aromatic carbocycles. The molecule has 0 spiro atoms. The van der Waals surface area contributed by atoms with Crippen molar-refractivity contribution in [2.75, 3.05) is 0 Å². The minimum absolute atomic E-state index is 0.0594. The Labute approximate surface area is 69.6 Å². The average Bonchev–Trinajstić information content (AvgIpc) is 1.80. The summed E-state index contributed by atoms with van der Waals surface area (Å²) in [5, 5.41) is 8.37. The molecule has 4 heteroatoms. The summed E-state index contributed by atoms with van der Waals surface area (Å²) in [6, 6.07) is 0. The zero-order valence-electron chi connectivity index (χ0n) is 6.67. The fourth-order valence-corrected chi connectivity index (χ4v) is 1.73. The van der Waals surface area contributed by atoms with Crippen LogP contribution in [-0.4, -0.2) is 17.5 Å². The van der Waals surface area contributed by atoms with Crippen molar-refractivity contribution in [2.24, 2.45) is 11.8 Å². The van der Waals surface area contributed by atoms with Gasteiger partial charge in [-0.05, 0) is 24.7 Å². The number of hydrogen-bond donors (Lipinski definition) is 1. The molecule has 1 fully saturated rings. The summed E-state index contributed by atoms with van der Waals surface area (Å²) in [5.74, 6) is -0.615. The monoisotopic (exact) mass is 178 g/mol. The molecule has 0 aromatic heterocycles. The van der Waals surface area contributed by atoms with E-state index in [1.165, 1.54) is 0 Å².